The van der Waals surface area contributed by atoms with E-state index in [1.54, 1.807) is 0 Å². The molecular weight excluding hydrogens is 420 g/mol. The lowest BCUT2D eigenvalue weighted by Gasteiger charge is -2.24. The summed E-state index contributed by atoms with van der Waals surface area (Å²) in [5.74, 6) is -1.74. The molecule has 172 valence electrons. The molecule has 0 aliphatic heterocycles. The van der Waals surface area contributed by atoms with Crippen LogP contribution < -0.4 is 14.9 Å². The second-order valence-electron chi connectivity index (χ2n) is 6.35. The first-order valence-corrected chi connectivity index (χ1v) is 9.10. The van der Waals surface area contributed by atoms with E-state index in [9.17, 15) is 30.0 Å². The summed E-state index contributed by atoms with van der Waals surface area (Å²) in [6, 6.07) is 5.16. The lowest BCUT2D eigenvalue weighted by molar-refractivity contribution is -0.162. The first-order chi connectivity index (χ1) is 14.8. The number of carbonyl (C=O) groups excluding carboxylic acids is 1. The molecule has 12 nitrogen and oxygen atoms in total. The third-order valence-electron chi connectivity index (χ3n) is 4.12. The van der Waals surface area contributed by atoms with Gasteiger partial charge in [-0.1, -0.05) is 0 Å². The summed E-state index contributed by atoms with van der Waals surface area (Å²) < 4.78 is 25.5. The van der Waals surface area contributed by atoms with Crippen molar-refractivity contribution in [1.29, 1.82) is 0 Å². The van der Waals surface area contributed by atoms with Crippen LogP contribution in [0.4, 0.5) is 0 Å². The average Bonchev–Trinajstić information content (AvgIpc) is 2.76. The van der Waals surface area contributed by atoms with Crippen molar-refractivity contribution in [2.45, 2.75) is 24.4 Å². The molecule has 0 fully saturated rings. The first-order valence-electron chi connectivity index (χ1n) is 9.10. The highest BCUT2D eigenvalue weighted by molar-refractivity contribution is 5.80. The molecule has 0 saturated carbocycles. The third-order valence-corrected chi connectivity index (χ3v) is 4.12. The minimum absolute atomic E-state index is 0.00969. The Kier molecular flexibility index (Phi) is 9.33. The number of rotatable bonds is 12. The lowest BCUT2D eigenvalue weighted by atomic mass is 10.0. The Bertz CT molecular complexity index is 910. The zero-order valence-electron chi connectivity index (χ0n) is 16.5. The number of aliphatic hydroxyl groups is 5. The number of fused-ring (bicyclic) bond motifs is 1. The minimum atomic E-state index is -2.30. The van der Waals surface area contributed by atoms with Gasteiger partial charge in [0.05, 0.1) is 31.3 Å². The molecule has 0 amide bonds. The summed E-state index contributed by atoms with van der Waals surface area (Å²) in [7, 11) is 1.53. The van der Waals surface area contributed by atoms with Gasteiger partial charge in [-0.25, -0.2) is 4.79 Å². The fourth-order valence-corrected chi connectivity index (χ4v) is 2.39. The van der Waals surface area contributed by atoms with Gasteiger partial charge in [-0.15, -0.1) is 0 Å². The van der Waals surface area contributed by atoms with Gasteiger partial charge in [0.1, 0.15) is 29.6 Å². The third kappa shape index (κ3) is 6.70. The summed E-state index contributed by atoms with van der Waals surface area (Å²) >= 11 is 0. The predicted molar refractivity (Wildman–Crippen MR) is 103 cm³/mol. The standard InChI is InChI=1S/C19H24O12/c1-27-4-5-28-9-29-10-2-3-11-12(21)7-15(30-14(11)6-10)31-19(26)18(25)17(24)16(23)13(22)8-20/h2-3,6-7,13,16-18,20,22-25H,4-5,8-9H2,1H3. The number of benzene rings is 1. The Balaban J connectivity index is 2.11. The van der Waals surface area contributed by atoms with Crippen molar-refractivity contribution in [2.24, 2.45) is 0 Å². The maximum atomic E-state index is 12.2. The molecule has 31 heavy (non-hydrogen) atoms. The Hall–Kier alpha value is -2.58. The van der Waals surface area contributed by atoms with E-state index in [-0.39, 0.29) is 17.8 Å². The summed E-state index contributed by atoms with van der Waals surface area (Å²) in [6.07, 6.45) is -8.29. The molecule has 4 unspecified atom stereocenters. The second-order valence-corrected chi connectivity index (χ2v) is 6.35. The summed E-state index contributed by atoms with van der Waals surface area (Å²) in [5.41, 5.74) is -0.548. The van der Waals surface area contributed by atoms with Crippen LogP contribution in [-0.4, -0.2) is 89.6 Å². The molecule has 4 atom stereocenters. The highest BCUT2D eigenvalue weighted by Crippen LogP contribution is 2.23. The summed E-state index contributed by atoms with van der Waals surface area (Å²) in [6.45, 7) is -0.292. The van der Waals surface area contributed by atoms with Crippen molar-refractivity contribution >= 4 is 16.9 Å². The number of aliphatic hydroxyl groups excluding tert-OH is 5. The lowest BCUT2D eigenvalue weighted by Crippen LogP contribution is -2.49. The average molecular weight is 444 g/mol. The van der Waals surface area contributed by atoms with E-state index >= 15 is 0 Å². The first kappa shape index (κ1) is 24.7. The van der Waals surface area contributed by atoms with Gasteiger partial charge in [0.25, 0.3) is 5.95 Å². The number of esters is 1. The molecule has 0 spiro atoms. The highest BCUT2D eigenvalue weighted by atomic mass is 16.7. The van der Waals surface area contributed by atoms with Crippen LogP contribution in [0.1, 0.15) is 0 Å². The Labute approximate surface area is 175 Å². The van der Waals surface area contributed by atoms with Gasteiger partial charge in [0.2, 0.25) is 0 Å². The summed E-state index contributed by atoms with van der Waals surface area (Å²) in [5, 5.41) is 47.3. The van der Waals surface area contributed by atoms with E-state index in [2.05, 4.69) is 0 Å². The Morgan fingerprint density at radius 2 is 1.84 bits per heavy atom. The van der Waals surface area contributed by atoms with Crippen molar-refractivity contribution in [1.82, 2.24) is 0 Å². The van der Waals surface area contributed by atoms with Crippen molar-refractivity contribution in [3.05, 3.63) is 34.5 Å². The molecule has 0 saturated heterocycles. The molecule has 1 heterocycles. The molecule has 0 aliphatic carbocycles. The van der Waals surface area contributed by atoms with Gasteiger partial charge < -0.3 is 48.9 Å². The largest absolute Gasteiger partial charge is 0.467 e. The van der Waals surface area contributed by atoms with E-state index in [0.717, 1.165) is 6.07 Å². The second kappa shape index (κ2) is 11.7. The van der Waals surface area contributed by atoms with Crippen molar-refractivity contribution in [2.75, 3.05) is 33.7 Å². The molecule has 1 aromatic carbocycles. The Morgan fingerprint density at radius 3 is 2.52 bits per heavy atom. The molecular formula is C19H24O12. The number of hydrogen-bond acceptors (Lipinski definition) is 12. The van der Waals surface area contributed by atoms with Crippen LogP contribution in [0.15, 0.2) is 33.5 Å². The number of hydrogen-bond donors (Lipinski definition) is 5. The molecule has 2 rings (SSSR count). The van der Waals surface area contributed by atoms with Gasteiger partial charge in [0.15, 0.2) is 18.3 Å². The van der Waals surface area contributed by atoms with Crippen LogP contribution in [0.2, 0.25) is 0 Å². The van der Waals surface area contributed by atoms with Crippen molar-refractivity contribution in [3.63, 3.8) is 0 Å². The van der Waals surface area contributed by atoms with Gasteiger partial charge >= 0.3 is 5.97 Å². The maximum absolute atomic E-state index is 12.2. The van der Waals surface area contributed by atoms with Crippen molar-refractivity contribution < 1.29 is 53.7 Å². The monoisotopic (exact) mass is 444 g/mol. The summed E-state index contributed by atoms with van der Waals surface area (Å²) in [4.78, 5) is 24.2. The zero-order valence-corrected chi connectivity index (χ0v) is 16.5. The van der Waals surface area contributed by atoms with E-state index in [4.69, 9.17) is 28.5 Å². The number of methoxy groups -OCH3 is 1. The molecule has 0 aliphatic rings. The molecule has 2 aromatic rings. The number of ether oxygens (including phenoxy) is 4. The highest BCUT2D eigenvalue weighted by Gasteiger charge is 2.35. The smallest absolute Gasteiger partial charge is 0.345 e. The SMILES string of the molecule is COCCOCOc1ccc2c(=O)cc(OC(=O)C(O)C(O)C(O)C(O)CO)oc2c1. The Morgan fingerprint density at radius 1 is 1.10 bits per heavy atom. The van der Waals surface area contributed by atoms with Gasteiger partial charge in [-0.05, 0) is 12.1 Å². The van der Waals surface area contributed by atoms with E-state index in [0.29, 0.717) is 19.0 Å². The van der Waals surface area contributed by atoms with Gasteiger partial charge in [0, 0.05) is 13.2 Å². The van der Waals surface area contributed by atoms with Crippen LogP contribution in [0, 0.1) is 0 Å². The van der Waals surface area contributed by atoms with Crippen LogP contribution in [0.3, 0.4) is 0 Å². The van der Waals surface area contributed by atoms with E-state index < -0.39 is 48.4 Å². The fourth-order valence-electron chi connectivity index (χ4n) is 2.39. The predicted octanol–water partition coefficient (Wildman–Crippen LogP) is -1.87. The number of carbonyl (C=O) groups is 1. The molecule has 1 aromatic heterocycles. The van der Waals surface area contributed by atoms with Crippen LogP contribution >= 0.6 is 0 Å². The molecule has 5 N–H and O–H groups in total. The van der Waals surface area contributed by atoms with Gasteiger partial charge in [-0.2, -0.15) is 0 Å². The van der Waals surface area contributed by atoms with E-state index in [1.807, 2.05) is 0 Å². The van der Waals surface area contributed by atoms with Crippen LogP contribution in [0.25, 0.3) is 11.0 Å². The van der Waals surface area contributed by atoms with Crippen LogP contribution in [-0.2, 0) is 14.3 Å². The van der Waals surface area contributed by atoms with Gasteiger partial charge in [-0.3, -0.25) is 4.79 Å². The fraction of sp³-hybridized carbons (Fsp3) is 0.474. The maximum Gasteiger partial charge on any atom is 0.345 e. The minimum Gasteiger partial charge on any atom is -0.467 e. The zero-order chi connectivity index (χ0) is 23.0. The topological polar surface area (TPSA) is 185 Å². The quantitative estimate of drug-likeness (QED) is 0.140. The van der Waals surface area contributed by atoms with Crippen molar-refractivity contribution in [3.8, 4) is 11.7 Å². The normalized spacial score (nSPS) is 15.3. The molecule has 12 heteroatoms. The van der Waals surface area contributed by atoms with Crippen LogP contribution in [0.5, 0.6) is 11.7 Å². The van der Waals surface area contributed by atoms with E-state index in [1.165, 1.54) is 25.3 Å². The molecule has 0 radical (unpaired) electrons. The molecule has 0 bridgehead atoms.